The summed E-state index contributed by atoms with van der Waals surface area (Å²) in [6.45, 7) is 6.72. The Labute approximate surface area is 188 Å². The van der Waals surface area contributed by atoms with E-state index in [1.54, 1.807) is 0 Å². The SMILES string of the molecule is CC.Cc1cc(C(F)(C(F)(F)F)C(F)(F)F)cc(C(F)(F)F)c1NC=O.Cc1cccc(N)c1. The van der Waals surface area contributed by atoms with Crippen LogP contribution in [-0.4, -0.2) is 18.8 Å². The number of hydrogen-bond acceptors (Lipinski definition) is 2. The lowest BCUT2D eigenvalue weighted by molar-refractivity contribution is -0.348. The Balaban J connectivity index is 0.000000904. The Morgan fingerprint density at radius 3 is 1.65 bits per heavy atom. The summed E-state index contributed by atoms with van der Waals surface area (Å²) in [5, 5.41) is 1.52. The number of carbonyl (C=O) groups is 1. The Kier molecular flexibility index (Phi) is 10.4. The van der Waals surface area contributed by atoms with E-state index in [9.17, 15) is 48.7 Å². The van der Waals surface area contributed by atoms with Crippen molar-refractivity contribution >= 4 is 17.8 Å². The maximum Gasteiger partial charge on any atom is 0.435 e. The Hall–Kier alpha value is -2.99. The van der Waals surface area contributed by atoms with Gasteiger partial charge in [-0.3, -0.25) is 4.79 Å². The van der Waals surface area contributed by atoms with Crippen molar-refractivity contribution < 1.29 is 48.7 Å². The third kappa shape index (κ3) is 7.26. The largest absolute Gasteiger partial charge is 0.435 e. The molecule has 2 rings (SSSR count). The van der Waals surface area contributed by atoms with E-state index in [1.165, 1.54) is 10.9 Å². The minimum Gasteiger partial charge on any atom is -0.399 e. The van der Waals surface area contributed by atoms with Crippen LogP contribution in [0.25, 0.3) is 0 Å². The molecule has 3 nitrogen and oxygen atoms in total. The molecule has 0 spiro atoms. The summed E-state index contributed by atoms with van der Waals surface area (Å²) in [5.74, 6) is 0. The zero-order valence-electron chi connectivity index (χ0n) is 18.3. The molecule has 192 valence electrons. The van der Waals surface area contributed by atoms with Crippen molar-refractivity contribution in [3.63, 3.8) is 0 Å². The van der Waals surface area contributed by atoms with E-state index in [-0.39, 0.29) is 12.5 Å². The molecule has 0 radical (unpaired) electrons. The van der Waals surface area contributed by atoms with Gasteiger partial charge in [-0.25, -0.2) is 4.39 Å². The standard InChI is InChI=1S/C12H7F10NO.C7H9N.C2H6/c1-5-2-6(9(13,11(17,18)19)12(20,21)22)3-7(10(14,15)16)8(5)23-4-24;1-6-3-2-4-7(8)5-6;1-2/h2-4H,1H3,(H,23,24);2-5H,8H2,1H3;1-2H3. The molecular formula is C21H22F10N2O. The van der Waals surface area contributed by atoms with Crippen molar-refractivity contribution in [2.24, 2.45) is 0 Å². The Morgan fingerprint density at radius 1 is 0.824 bits per heavy atom. The molecule has 0 bridgehead atoms. The lowest BCUT2D eigenvalue weighted by atomic mass is 9.90. The molecule has 13 heteroatoms. The summed E-state index contributed by atoms with van der Waals surface area (Å²) in [4.78, 5) is 10.3. The highest BCUT2D eigenvalue weighted by molar-refractivity contribution is 5.76. The third-order valence-corrected chi connectivity index (χ3v) is 4.07. The maximum absolute atomic E-state index is 13.9. The first kappa shape index (κ1) is 31.0. The molecule has 0 aliphatic carbocycles. The van der Waals surface area contributed by atoms with E-state index in [0.29, 0.717) is 6.92 Å². The fraction of sp³-hybridized carbons (Fsp3) is 0.381. The van der Waals surface area contributed by atoms with Crippen LogP contribution < -0.4 is 11.1 Å². The van der Waals surface area contributed by atoms with E-state index in [0.717, 1.165) is 5.69 Å². The number of benzene rings is 2. The van der Waals surface area contributed by atoms with E-state index >= 15 is 0 Å². The molecule has 2 aromatic carbocycles. The fourth-order valence-electron chi connectivity index (χ4n) is 2.62. The number of aryl methyl sites for hydroxylation is 2. The first-order chi connectivity index (χ1) is 15.4. The van der Waals surface area contributed by atoms with Crippen LogP contribution in [-0.2, 0) is 16.6 Å². The van der Waals surface area contributed by atoms with Crippen LogP contribution in [0.5, 0.6) is 0 Å². The zero-order chi connectivity index (χ0) is 27.1. The van der Waals surface area contributed by atoms with Crippen LogP contribution in [0.2, 0.25) is 0 Å². The number of nitrogens with one attached hydrogen (secondary N) is 1. The van der Waals surface area contributed by atoms with Gasteiger partial charge in [0.2, 0.25) is 6.41 Å². The van der Waals surface area contributed by atoms with E-state index in [1.807, 2.05) is 45.0 Å². The minimum atomic E-state index is -6.56. The number of nitrogens with two attached hydrogens (primary N) is 1. The van der Waals surface area contributed by atoms with Gasteiger partial charge in [0.1, 0.15) is 0 Å². The first-order valence-corrected chi connectivity index (χ1v) is 9.43. The lowest BCUT2D eigenvalue weighted by Gasteiger charge is -2.31. The van der Waals surface area contributed by atoms with Gasteiger partial charge in [-0.05, 0) is 43.2 Å². The number of rotatable bonds is 3. The van der Waals surface area contributed by atoms with Crippen molar-refractivity contribution in [2.45, 2.75) is 51.9 Å². The second-order valence-electron chi connectivity index (χ2n) is 6.54. The first-order valence-electron chi connectivity index (χ1n) is 9.43. The topological polar surface area (TPSA) is 55.1 Å². The molecule has 0 saturated carbocycles. The molecule has 0 unspecified atom stereocenters. The summed E-state index contributed by atoms with van der Waals surface area (Å²) >= 11 is 0. The van der Waals surface area contributed by atoms with Crippen LogP contribution >= 0.6 is 0 Å². The number of nitrogen functional groups attached to an aromatic ring is 1. The molecule has 0 atom stereocenters. The van der Waals surface area contributed by atoms with Crippen molar-refractivity contribution in [2.75, 3.05) is 11.1 Å². The van der Waals surface area contributed by atoms with E-state index < -0.39 is 52.6 Å². The average molecular weight is 508 g/mol. The predicted molar refractivity (Wildman–Crippen MR) is 108 cm³/mol. The van der Waals surface area contributed by atoms with Crippen LogP contribution in [0, 0.1) is 13.8 Å². The van der Waals surface area contributed by atoms with Crippen LogP contribution in [0.3, 0.4) is 0 Å². The summed E-state index contributed by atoms with van der Waals surface area (Å²) in [7, 11) is 0. The molecule has 0 aliphatic rings. The monoisotopic (exact) mass is 508 g/mol. The molecule has 3 N–H and O–H groups in total. The quantitative estimate of drug-likeness (QED) is 0.257. The van der Waals surface area contributed by atoms with Gasteiger partial charge in [-0.2, -0.15) is 39.5 Å². The van der Waals surface area contributed by atoms with Gasteiger partial charge in [0.25, 0.3) is 0 Å². The minimum absolute atomic E-state index is 0.0535. The van der Waals surface area contributed by atoms with Gasteiger partial charge < -0.3 is 11.1 Å². The number of alkyl halides is 10. The number of anilines is 2. The zero-order valence-corrected chi connectivity index (χ0v) is 18.3. The van der Waals surface area contributed by atoms with Crippen molar-refractivity contribution in [1.82, 2.24) is 0 Å². The van der Waals surface area contributed by atoms with Gasteiger partial charge in [0, 0.05) is 11.3 Å². The third-order valence-electron chi connectivity index (χ3n) is 4.07. The predicted octanol–water partition coefficient (Wildman–Crippen LogP) is 7.47. The molecular weight excluding hydrogens is 486 g/mol. The van der Waals surface area contributed by atoms with Gasteiger partial charge in [0.15, 0.2) is 0 Å². The van der Waals surface area contributed by atoms with Crippen molar-refractivity contribution in [3.8, 4) is 0 Å². The van der Waals surface area contributed by atoms with E-state index in [2.05, 4.69) is 0 Å². The number of hydrogen-bond donors (Lipinski definition) is 2. The second-order valence-corrected chi connectivity index (χ2v) is 6.54. The van der Waals surface area contributed by atoms with Gasteiger partial charge in [0.05, 0.1) is 11.3 Å². The highest BCUT2D eigenvalue weighted by atomic mass is 19.4. The second kappa shape index (κ2) is 11.4. The number of carbonyl (C=O) groups excluding carboxylic acids is 1. The molecule has 34 heavy (non-hydrogen) atoms. The summed E-state index contributed by atoms with van der Waals surface area (Å²) < 4.78 is 128. The molecule has 1 amide bonds. The van der Waals surface area contributed by atoms with Gasteiger partial charge in [-0.1, -0.05) is 32.0 Å². The molecule has 0 fully saturated rings. The number of halogens is 10. The Bertz CT molecular complexity index is 919. The molecule has 0 aromatic heterocycles. The maximum atomic E-state index is 13.9. The smallest absolute Gasteiger partial charge is 0.399 e. The molecule has 0 saturated heterocycles. The highest BCUT2D eigenvalue weighted by Crippen LogP contribution is 2.54. The summed E-state index contributed by atoms with van der Waals surface area (Å²) in [5.41, 5.74) is -4.74. The molecule has 0 aliphatic heterocycles. The lowest BCUT2D eigenvalue weighted by Crippen LogP contribution is -2.50. The van der Waals surface area contributed by atoms with Crippen molar-refractivity contribution in [3.05, 3.63) is 58.7 Å². The van der Waals surface area contributed by atoms with Crippen LogP contribution in [0.15, 0.2) is 36.4 Å². The number of amides is 1. The fourth-order valence-corrected chi connectivity index (χ4v) is 2.62. The summed E-state index contributed by atoms with van der Waals surface area (Å²) in [6.07, 6.45) is -18.8. The van der Waals surface area contributed by atoms with Crippen LogP contribution in [0.4, 0.5) is 55.3 Å². The van der Waals surface area contributed by atoms with Gasteiger partial charge in [-0.15, -0.1) is 0 Å². The average Bonchev–Trinajstić information content (AvgIpc) is 2.68. The normalized spacial score (nSPS) is 12.1. The summed E-state index contributed by atoms with van der Waals surface area (Å²) in [6, 6.07) is 7.12. The Morgan fingerprint density at radius 2 is 1.32 bits per heavy atom. The van der Waals surface area contributed by atoms with Crippen molar-refractivity contribution in [1.29, 1.82) is 0 Å². The van der Waals surface area contributed by atoms with Crippen LogP contribution in [0.1, 0.15) is 36.1 Å². The van der Waals surface area contributed by atoms with E-state index in [4.69, 9.17) is 5.73 Å². The highest BCUT2D eigenvalue weighted by Gasteiger charge is 2.73. The molecule has 0 heterocycles. The molecule has 2 aromatic rings. The van der Waals surface area contributed by atoms with Gasteiger partial charge >= 0.3 is 24.2 Å².